The lowest BCUT2D eigenvalue weighted by atomic mass is 9.97. The fourth-order valence-corrected chi connectivity index (χ4v) is 5.36. The molecule has 3 aromatic rings. The first kappa shape index (κ1) is 28.6. The lowest BCUT2D eigenvalue weighted by molar-refractivity contribution is 0.0652. The molecule has 210 valence electrons. The zero-order valence-electron chi connectivity index (χ0n) is 22.4. The number of alkyl halides is 2. The van der Waals surface area contributed by atoms with Crippen molar-refractivity contribution >= 4 is 24.1 Å². The number of benzene rings is 2. The van der Waals surface area contributed by atoms with Crippen molar-refractivity contribution in [2.24, 2.45) is 0 Å². The van der Waals surface area contributed by atoms with Crippen LogP contribution >= 0.6 is 12.4 Å². The molecule has 2 N–H and O–H groups in total. The van der Waals surface area contributed by atoms with Crippen molar-refractivity contribution in [3.63, 3.8) is 0 Å². The van der Waals surface area contributed by atoms with E-state index in [-0.39, 0.29) is 36.8 Å². The van der Waals surface area contributed by atoms with Gasteiger partial charge in [0, 0.05) is 42.9 Å². The number of piperazine rings is 1. The maximum Gasteiger partial charge on any atom is 0.260 e. The van der Waals surface area contributed by atoms with Crippen LogP contribution in [-0.2, 0) is 0 Å². The fourth-order valence-electron chi connectivity index (χ4n) is 5.36. The number of aromatic nitrogens is 2. The van der Waals surface area contributed by atoms with E-state index in [1.165, 1.54) is 4.68 Å². The number of aryl methyl sites for hydroxylation is 1. The van der Waals surface area contributed by atoms with Gasteiger partial charge in [0.2, 0.25) is 0 Å². The second kappa shape index (κ2) is 11.8. The first-order chi connectivity index (χ1) is 18.3. The van der Waals surface area contributed by atoms with Gasteiger partial charge < -0.3 is 25.0 Å². The molecule has 3 atom stereocenters. The number of rotatable bonds is 6. The predicted octanol–water partition coefficient (Wildman–Crippen LogP) is 5.09. The summed E-state index contributed by atoms with van der Waals surface area (Å²) in [6.45, 7) is 6.15. The van der Waals surface area contributed by atoms with Gasteiger partial charge in [-0.2, -0.15) is 5.10 Å². The van der Waals surface area contributed by atoms with Crippen molar-refractivity contribution in [1.82, 2.24) is 20.0 Å². The van der Waals surface area contributed by atoms with Gasteiger partial charge in [0.25, 0.3) is 12.3 Å². The molecule has 2 aliphatic heterocycles. The number of anilines is 1. The van der Waals surface area contributed by atoms with Crippen LogP contribution in [-0.4, -0.2) is 66.9 Å². The average molecular weight is 562 g/mol. The van der Waals surface area contributed by atoms with Gasteiger partial charge in [0.1, 0.15) is 11.9 Å². The predicted molar refractivity (Wildman–Crippen MR) is 149 cm³/mol. The molecule has 2 unspecified atom stereocenters. The Kier molecular flexibility index (Phi) is 8.66. The Morgan fingerprint density at radius 1 is 1.10 bits per heavy atom. The highest BCUT2D eigenvalue weighted by molar-refractivity contribution is 5.95. The Balaban J connectivity index is 0.00000353. The molecule has 3 heterocycles. The first-order valence-corrected chi connectivity index (χ1v) is 12.8. The summed E-state index contributed by atoms with van der Waals surface area (Å²) in [5.41, 5.74) is 3.68. The Bertz CT molecular complexity index is 1330. The van der Waals surface area contributed by atoms with Crippen molar-refractivity contribution in [3.8, 4) is 22.8 Å². The second-order valence-corrected chi connectivity index (χ2v) is 9.89. The van der Waals surface area contributed by atoms with Gasteiger partial charge >= 0.3 is 0 Å². The first-order valence-electron chi connectivity index (χ1n) is 12.8. The molecule has 0 bridgehead atoms. The smallest absolute Gasteiger partial charge is 0.260 e. The van der Waals surface area contributed by atoms with Gasteiger partial charge in [0.05, 0.1) is 26.0 Å². The molecule has 8 nitrogen and oxygen atoms in total. The van der Waals surface area contributed by atoms with E-state index in [4.69, 9.17) is 9.47 Å². The fraction of sp³-hybridized carbons (Fsp3) is 0.429. The van der Waals surface area contributed by atoms with Crippen LogP contribution in [0.4, 0.5) is 14.6 Å². The number of ether oxygens (including phenoxy) is 2. The topological polar surface area (TPSA) is 80.7 Å². The summed E-state index contributed by atoms with van der Waals surface area (Å²) in [5.74, 6) is 1.63. The molecule has 1 saturated heterocycles. The largest absolute Gasteiger partial charge is 0.493 e. The van der Waals surface area contributed by atoms with Crippen molar-refractivity contribution in [2.45, 2.75) is 44.8 Å². The van der Waals surface area contributed by atoms with E-state index < -0.39 is 12.5 Å². The molecule has 0 saturated carbocycles. The maximum atomic E-state index is 14.2. The normalized spacial score (nSPS) is 20.6. The Labute approximate surface area is 233 Å². The molecule has 11 heteroatoms. The van der Waals surface area contributed by atoms with Gasteiger partial charge in [-0.1, -0.05) is 12.1 Å². The molecule has 0 radical (unpaired) electrons. The van der Waals surface area contributed by atoms with Crippen molar-refractivity contribution in [2.75, 3.05) is 39.2 Å². The highest BCUT2D eigenvalue weighted by atomic mass is 35.5. The van der Waals surface area contributed by atoms with E-state index in [1.54, 1.807) is 32.4 Å². The monoisotopic (exact) mass is 561 g/mol. The Hall–Kier alpha value is -3.37. The average Bonchev–Trinajstić information content (AvgIpc) is 3.35. The van der Waals surface area contributed by atoms with E-state index in [2.05, 4.69) is 15.7 Å². The highest BCUT2D eigenvalue weighted by Gasteiger charge is 2.35. The zero-order chi connectivity index (χ0) is 27.0. The summed E-state index contributed by atoms with van der Waals surface area (Å²) in [6.07, 6.45) is -2.43. The Morgan fingerprint density at radius 3 is 2.54 bits per heavy atom. The molecular formula is C28H34ClF2N5O3. The van der Waals surface area contributed by atoms with Crippen LogP contribution in [0.25, 0.3) is 11.3 Å². The molecule has 1 fully saturated rings. The molecule has 0 aliphatic carbocycles. The third kappa shape index (κ3) is 5.53. The Morgan fingerprint density at radius 2 is 1.87 bits per heavy atom. The summed E-state index contributed by atoms with van der Waals surface area (Å²) >= 11 is 0. The van der Waals surface area contributed by atoms with E-state index in [1.807, 2.05) is 43.0 Å². The van der Waals surface area contributed by atoms with Crippen LogP contribution in [0, 0.1) is 6.92 Å². The summed E-state index contributed by atoms with van der Waals surface area (Å²) in [4.78, 5) is 15.0. The summed E-state index contributed by atoms with van der Waals surface area (Å²) in [7, 11) is 3.10. The lowest BCUT2D eigenvalue weighted by Gasteiger charge is -2.34. The molecule has 2 aromatic carbocycles. The maximum absolute atomic E-state index is 14.2. The van der Waals surface area contributed by atoms with Gasteiger partial charge in [-0.15, -0.1) is 12.4 Å². The van der Waals surface area contributed by atoms with Gasteiger partial charge in [-0.3, -0.25) is 4.79 Å². The molecule has 2 aliphatic rings. The minimum absolute atomic E-state index is 0. The van der Waals surface area contributed by atoms with Crippen LogP contribution < -0.4 is 20.1 Å². The van der Waals surface area contributed by atoms with Crippen LogP contribution in [0.15, 0.2) is 42.5 Å². The van der Waals surface area contributed by atoms with E-state index >= 15 is 0 Å². The number of carbonyl (C=O) groups is 1. The number of methoxy groups -OCH3 is 2. The molecule has 1 amide bonds. The van der Waals surface area contributed by atoms with Gasteiger partial charge in [-0.25, -0.2) is 13.5 Å². The molecular weight excluding hydrogens is 528 g/mol. The molecule has 1 aromatic heterocycles. The summed E-state index contributed by atoms with van der Waals surface area (Å²) < 4.78 is 40.5. The number of carbonyl (C=O) groups excluding carboxylic acids is 1. The van der Waals surface area contributed by atoms with Crippen molar-refractivity contribution in [3.05, 3.63) is 59.2 Å². The SMILES string of the molecule is COc1ccc(C2CC(C(F)F)n3nc(-c4ccc(C(=O)N5CCNC[C@@H]5C)cc4C)cc3N2)cc1OC.Cl. The standard InChI is InChI=1S/C28H33F2N5O3.ClH/c1-16-11-19(28(36)34-10-9-31-15-17(34)2)5-7-20(16)22-14-26-32-21(13-23(27(29)30)35(26)33-22)18-6-8-24(37-3)25(12-18)38-4;/h5-8,11-12,14,17,21,23,27,31-32H,9-10,13,15H2,1-4H3;1H/t17-,21?,23?;/m0./s1. The number of amides is 1. The number of nitrogens with zero attached hydrogens (tertiary/aromatic N) is 3. The van der Waals surface area contributed by atoms with Crippen LogP contribution in [0.2, 0.25) is 0 Å². The molecule has 39 heavy (non-hydrogen) atoms. The summed E-state index contributed by atoms with van der Waals surface area (Å²) in [5, 5.41) is 11.3. The highest BCUT2D eigenvalue weighted by Crippen LogP contribution is 2.41. The molecule has 5 rings (SSSR count). The molecule has 0 spiro atoms. The number of hydrogen-bond acceptors (Lipinski definition) is 6. The number of halogens is 3. The van der Waals surface area contributed by atoms with Gasteiger partial charge in [-0.05, 0) is 55.7 Å². The van der Waals surface area contributed by atoms with E-state index in [9.17, 15) is 13.6 Å². The van der Waals surface area contributed by atoms with Crippen molar-refractivity contribution in [1.29, 1.82) is 0 Å². The van der Waals surface area contributed by atoms with E-state index in [0.29, 0.717) is 35.1 Å². The second-order valence-electron chi connectivity index (χ2n) is 9.89. The number of hydrogen-bond donors (Lipinski definition) is 2. The van der Waals surface area contributed by atoms with Gasteiger partial charge in [0.15, 0.2) is 11.5 Å². The minimum Gasteiger partial charge on any atom is -0.493 e. The van der Waals surface area contributed by atoms with Crippen molar-refractivity contribution < 1.29 is 23.0 Å². The zero-order valence-corrected chi connectivity index (χ0v) is 23.2. The number of fused-ring (bicyclic) bond motifs is 1. The lowest BCUT2D eigenvalue weighted by Crippen LogP contribution is -2.52. The minimum atomic E-state index is -2.59. The third-order valence-electron chi connectivity index (χ3n) is 7.46. The van der Waals surface area contributed by atoms with Crippen LogP contribution in [0.1, 0.15) is 46.9 Å². The van der Waals surface area contributed by atoms with E-state index in [0.717, 1.165) is 29.8 Å². The van der Waals surface area contributed by atoms with Crippen LogP contribution in [0.5, 0.6) is 11.5 Å². The summed E-state index contributed by atoms with van der Waals surface area (Å²) in [6, 6.07) is 11.4. The van der Waals surface area contributed by atoms with Crippen LogP contribution in [0.3, 0.4) is 0 Å². The third-order valence-corrected chi connectivity index (χ3v) is 7.46. The quantitative estimate of drug-likeness (QED) is 0.436. The number of nitrogens with one attached hydrogen (secondary N) is 2.